The number of methoxy groups -OCH3 is 2. The first kappa shape index (κ1) is 25.8. The Morgan fingerprint density at radius 1 is 1.03 bits per heavy atom. The Kier molecular flexibility index (Phi) is 7.30. The van der Waals surface area contributed by atoms with Crippen molar-refractivity contribution in [3.05, 3.63) is 106 Å². The standard InChI is InChI=1S/C28H24N4O6/c1-16-14-18(11-12-20(16)31-26(33)21-10-7-13-38-21)32-24(28(35)37-3)23(27(34)36-2)22(19(15-29)25(32)30)17-8-5-4-6-9-17/h4-14,22H,30H2,1-3H3,(H,31,33). The molecular formula is C28H24N4O6. The van der Waals surface area contributed by atoms with Crippen molar-refractivity contribution in [2.75, 3.05) is 24.4 Å². The molecule has 0 bridgehead atoms. The van der Waals surface area contributed by atoms with Crippen LogP contribution in [-0.4, -0.2) is 32.1 Å². The molecule has 1 atom stereocenters. The zero-order valence-corrected chi connectivity index (χ0v) is 20.8. The number of rotatable bonds is 6. The molecule has 3 N–H and O–H groups in total. The van der Waals surface area contributed by atoms with Gasteiger partial charge < -0.3 is 24.9 Å². The van der Waals surface area contributed by atoms with Gasteiger partial charge in [0.15, 0.2) is 5.76 Å². The molecule has 1 amide bonds. The lowest BCUT2D eigenvalue weighted by Crippen LogP contribution is -2.40. The van der Waals surface area contributed by atoms with Crippen molar-refractivity contribution in [3.63, 3.8) is 0 Å². The van der Waals surface area contributed by atoms with E-state index in [1.54, 1.807) is 61.5 Å². The number of nitrogens with two attached hydrogens (primary N) is 1. The van der Waals surface area contributed by atoms with E-state index >= 15 is 0 Å². The molecule has 1 unspecified atom stereocenters. The summed E-state index contributed by atoms with van der Waals surface area (Å²) in [5.41, 5.74) is 8.32. The van der Waals surface area contributed by atoms with Gasteiger partial charge in [-0.05, 0) is 48.4 Å². The van der Waals surface area contributed by atoms with Crippen LogP contribution < -0.4 is 16.0 Å². The van der Waals surface area contributed by atoms with Crippen molar-refractivity contribution < 1.29 is 28.3 Å². The Labute approximate surface area is 218 Å². The van der Waals surface area contributed by atoms with Crippen LogP contribution in [0.15, 0.2) is 94.0 Å². The Morgan fingerprint density at radius 3 is 2.32 bits per heavy atom. The third-order valence-corrected chi connectivity index (χ3v) is 6.07. The SMILES string of the molecule is COC(=O)C1=C(C(=O)OC)N(c2ccc(NC(=O)c3ccco3)c(C)c2)C(N)=C(C#N)C1c1ccccc1. The summed E-state index contributed by atoms with van der Waals surface area (Å²) in [5.74, 6) is -2.99. The summed E-state index contributed by atoms with van der Waals surface area (Å²) >= 11 is 0. The fraction of sp³-hybridized carbons (Fsp3) is 0.143. The zero-order valence-electron chi connectivity index (χ0n) is 20.8. The largest absolute Gasteiger partial charge is 0.466 e. The van der Waals surface area contributed by atoms with Crippen LogP contribution in [0.3, 0.4) is 0 Å². The maximum absolute atomic E-state index is 13.2. The zero-order chi connectivity index (χ0) is 27.4. The summed E-state index contributed by atoms with van der Waals surface area (Å²) in [7, 11) is 2.36. The summed E-state index contributed by atoms with van der Waals surface area (Å²) < 4.78 is 15.2. The molecule has 1 aliphatic rings. The molecule has 2 heterocycles. The summed E-state index contributed by atoms with van der Waals surface area (Å²) in [4.78, 5) is 40.1. The molecule has 10 nitrogen and oxygen atoms in total. The van der Waals surface area contributed by atoms with Crippen molar-refractivity contribution >= 4 is 29.2 Å². The number of carbonyl (C=O) groups is 3. The van der Waals surface area contributed by atoms with E-state index in [-0.39, 0.29) is 28.4 Å². The average Bonchev–Trinajstić information content (AvgIpc) is 3.48. The van der Waals surface area contributed by atoms with Gasteiger partial charge in [0.25, 0.3) is 5.91 Å². The van der Waals surface area contributed by atoms with E-state index in [0.717, 1.165) is 0 Å². The van der Waals surface area contributed by atoms with Crippen molar-refractivity contribution in [1.82, 2.24) is 0 Å². The fourth-order valence-electron chi connectivity index (χ4n) is 4.30. The molecule has 1 aliphatic heterocycles. The van der Waals surface area contributed by atoms with Crippen molar-refractivity contribution in [2.24, 2.45) is 5.73 Å². The van der Waals surface area contributed by atoms with Crippen LogP contribution >= 0.6 is 0 Å². The molecule has 0 spiro atoms. The van der Waals surface area contributed by atoms with E-state index in [2.05, 4.69) is 11.4 Å². The van der Waals surface area contributed by atoms with Gasteiger partial charge in [-0.1, -0.05) is 30.3 Å². The van der Waals surface area contributed by atoms with E-state index in [1.807, 2.05) is 0 Å². The molecule has 1 aromatic heterocycles. The highest BCUT2D eigenvalue weighted by atomic mass is 16.5. The van der Waals surface area contributed by atoms with Gasteiger partial charge in [0, 0.05) is 11.4 Å². The lowest BCUT2D eigenvalue weighted by molar-refractivity contribution is -0.139. The van der Waals surface area contributed by atoms with Crippen LogP contribution in [0.5, 0.6) is 0 Å². The van der Waals surface area contributed by atoms with Crippen LogP contribution in [0.1, 0.15) is 27.6 Å². The number of amides is 1. The summed E-state index contributed by atoms with van der Waals surface area (Å²) in [6.07, 6.45) is 1.39. The third-order valence-electron chi connectivity index (χ3n) is 6.07. The van der Waals surface area contributed by atoms with Gasteiger partial charge >= 0.3 is 11.9 Å². The van der Waals surface area contributed by atoms with Gasteiger partial charge in [0.2, 0.25) is 0 Å². The quantitative estimate of drug-likeness (QED) is 0.471. The topological polar surface area (TPSA) is 148 Å². The molecule has 10 heteroatoms. The normalized spacial score (nSPS) is 15.1. The van der Waals surface area contributed by atoms with E-state index in [4.69, 9.17) is 19.6 Å². The number of furan rings is 1. The summed E-state index contributed by atoms with van der Waals surface area (Å²) in [6.45, 7) is 1.74. The smallest absolute Gasteiger partial charge is 0.355 e. The minimum atomic E-state index is -0.966. The molecular weight excluding hydrogens is 488 g/mol. The molecule has 0 saturated heterocycles. The monoisotopic (exact) mass is 512 g/mol. The number of carbonyl (C=O) groups excluding carboxylic acids is 3. The van der Waals surface area contributed by atoms with Gasteiger partial charge in [-0.3, -0.25) is 9.69 Å². The van der Waals surface area contributed by atoms with Crippen LogP contribution in [-0.2, 0) is 19.1 Å². The highest BCUT2D eigenvalue weighted by Gasteiger charge is 2.43. The molecule has 38 heavy (non-hydrogen) atoms. The predicted molar refractivity (Wildman–Crippen MR) is 137 cm³/mol. The number of esters is 2. The molecule has 2 aromatic carbocycles. The molecule has 0 aliphatic carbocycles. The van der Waals surface area contributed by atoms with Crippen molar-refractivity contribution in [1.29, 1.82) is 5.26 Å². The van der Waals surface area contributed by atoms with Crippen molar-refractivity contribution in [3.8, 4) is 6.07 Å². The van der Waals surface area contributed by atoms with E-state index in [9.17, 15) is 19.6 Å². The number of aryl methyl sites for hydroxylation is 1. The number of nitrogens with zero attached hydrogens (tertiary/aromatic N) is 2. The number of hydrogen-bond acceptors (Lipinski definition) is 9. The maximum Gasteiger partial charge on any atom is 0.355 e. The second-order valence-corrected chi connectivity index (χ2v) is 8.27. The van der Waals surface area contributed by atoms with Crippen LogP contribution in [0.25, 0.3) is 0 Å². The van der Waals surface area contributed by atoms with Gasteiger partial charge in [-0.2, -0.15) is 5.26 Å². The third kappa shape index (κ3) is 4.60. The lowest BCUT2D eigenvalue weighted by Gasteiger charge is -2.36. The predicted octanol–water partition coefficient (Wildman–Crippen LogP) is 3.74. The Balaban J connectivity index is 1.89. The fourth-order valence-corrected chi connectivity index (χ4v) is 4.30. The summed E-state index contributed by atoms with van der Waals surface area (Å²) in [5, 5.41) is 12.9. The highest BCUT2D eigenvalue weighted by molar-refractivity contribution is 6.07. The number of hydrogen-bond donors (Lipinski definition) is 2. The lowest BCUT2D eigenvalue weighted by atomic mass is 9.81. The number of benzene rings is 2. The molecule has 0 saturated carbocycles. The van der Waals surface area contributed by atoms with Gasteiger partial charge in [-0.25, -0.2) is 9.59 Å². The number of nitrogens with one attached hydrogen (secondary N) is 1. The number of nitriles is 1. The number of ether oxygens (including phenoxy) is 2. The van der Waals surface area contributed by atoms with E-state index < -0.39 is 23.8 Å². The maximum atomic E-state index is 13.2. The molecule has 192 valence electrons. The Bertz CT molecular complexity index is 1500. The minimum absolute atomic E-state index is 0.0529. The van der Waals surface area contributed by atoms with Crippen molar-refractivity contribution in [2.45, 2.75) is 12.8 Å². The highest BCUT2D eigenvalue weighted by Crippen LogP contribution is 2.43. The molecule has 4 rings (SSSR count). The Morgan fingerprint density at radius 2 is 1.74 bits per heavy atom. The van der Waals surface area contributed by atoms with Gasteiger partial charge in [0.1, 0.15) is 11.5 Å². The molecule has 3 aromatic rings. The first-order chi connectivity index (χ1) is 18.3. The van der Waals surface area contributed by atoms with E-state index in [1.165, 1.54) is 31.4 Å². The first-order valence-electron chi connectivity index (χ1n) is 11.4. The van der Waals surface area contributed by atoms with Gasteiger partial charge in [0.05, 0.1) is 43.6 Å². The Hall–Kier alpha value is -5.30. The molecule has 0 fully saturated rings. The first-order valence-corrected chi connectivity index (χ1v) is 11.4. The van der Waals surface area contributed by atoms with Gasteiger partial charge in [-0.15, -0.1) is 0 Å². The second-order valence-electron chi connectivity index (χ2n) is 8.27. The minimum Gasteiger partial charge on any atom is -0.466 e. The second kappa shape index (κ2) is 10.8. The van der Waals surface area contributed by atoms with Crippen LogP contribution in [0.2, 0.25) is 0 Å². The number of allylic oxidation sites excluding steroid dienone is 1. The van der Waals surface area contributed by atoms with Crippen LogP contribution in [0, 0.1) is 18.3 Å². The summed E-state index contributed by atoms with van der Waals surface area (Å²) in [6, 6.07) is 18.8. The average molecular weight is 513 g/mol. The van der Waals surface area contributed by atoms with E-state index in [0.29, 0.717) is 22.5 Å². The molecule has 0 radical (unpaired) electrons. The van der Waals surface area contributed by atoms with Crippen LogP contribution in [0.4, 0.5) is 11.4 Å². The number of anilines is 2.